The molecule has 1 unspecified atom stereocenters. The fraction of sp³-hybridized carbons (Fsp3) is 0.889. The molecule has 12 heavy (non-hydrogen) atoms. The SMILES string of the molecule is N#CCCCCN1CCC(N)C1. The molecule has 1 saturated heterocycles. The molecule has 0 aromatic heterocycles. The molecule has 0 bridgehead atoms. The largest absolute Gasteiger partial charge is 0.326 e. The van der Waals surface area contributed by atoms with Gasteiger partial charge < -0.3 is 10.6 Å². The maximum absolute atomic E-state index is 8.32. The molecule has 1 heterocycles. The van der Waals surface area contributed by atoms with Gasteiger partial charge in [-0.2, -0.15) is 5.26 Å². The first-order valence-electron chi connectivity index (χ1n) is 4.68. The van der Waals surface area contributed by atoms with Gasteiger partial charge in [-0.3, -0.25) is 0 Å². The van der Waals surface area contributed by atoms with Gasteiger partial charge in [0.15, 0.2) is 0 Å². The highest BCUT2D eigenvalue weighted by Gasteiger charge is 2.17. The van der Waals surface area contributed by atoms with E-state index in [-0.39, 0.29) is 0 Å². The van der Waals surface area contributed by atoms with Gasteiger partial charge in [-0.25, -0.2) is 0 Å². The van der Waals surface area contributed by atoms with E-state index in [0.29, 0.717) is 12.5 Å². The van der Waals surface area contributed by atoms with E-state index in [0.717, 1.165) is 38.9 Å². The lowest BCUT2D eigenvalue weighted by atomic mass is 10.2. The van der Waals surface area contributed by atoms with Crippen molar-refractivity contribution in [1.29, 1.82) is 5.26 Å². The van der Waals surface area contributed by atoms with Gasteiger partial charge in [0.25, 0.3) is 0 Å². The minimum Gasteiger partial charge on any atom is -0.326 e. The van der Waals surface area contributed by atoms with Gasteiger partial charge in [0.2, 0.25) is 0 Å². The maximum Gasteiger partial charge on any atom is 0.0621 e. The lowest BCUT2D eigenvalue weighted by Crippen LogP contribution is -2.27. The first-order valence-corrected chi connectivity index (χ1v) is 4.68. The first-order chi connectivity index (χ1) is 5.83. The summed E-state index contributed by atoms with van der Waals surface area (Å²) in [6.07, 6.45) is 4.00. The Kier molecular flexibility index (Phi) is 4.06. The smallest absolute Gasteiger partial charge is 0.0621 e. The predicted molar refractivity (Wildman–Crippen MR) is 48.5 cm³/mol. The molecule has 0 amide bonds. The zero-order chi connectivity index (χ0) is 8.81. The van der Waals surface area contributed by atoms with Gasteiger partial charge >= 0.3 is 0 Å². The third-order valence-electron chi connectivity index (χ3n) is 2.32. The number of likely N-dealkylation sites (tertiary alicyclic amines) is 1. The van der Waals surface area contributed by atoms with Crippen LogP contribution in [-0.4, -0.2) is 30.6 Å². The number of unbranched alkanes of at least 4 members (excludes halogenated alkanes) is 2. The van der Waals surface area contributed by atoms with Crippen LogP contribution in [0.15, 0.2) is 0 Å². The average Bonchev–Trinajstić information content (AvgIpc) is 2.45. The molecule has 0 saturated carbocycles. The fourth-order valence-electron chi connectivity index (χ4n) is 1.61. The third kappa shape index (κ3) is 3.21. The summed E-state index contributed by atoms with van der Waals surface area (Å²) in [7, 11) is 0. The van der Waals surface area contributed by atoms with Crippen LogP contribution >= 0.6 is 0 Å². The van der Waals surface area contributed by atoms with Crippen LogP contribution in [0.3, 0.4) is 0 Å². The quantitative estimate of drug-likeness (QED) is 0.627. The van der Waals surface area contributed by atoms with E-state index < -0.39 is 0 Å². The fourth-order valence-corrected chi connectivity index (χ4v) is 1.61. The summed E-state index contributed by atoms with van der Waals surface area (Å²) in [5.41, 5.74) is 5.76. The van der Waals surface area contributed by atoms with Crippen molar-refractivity contribution in [3.8, 4) is 6.07 Å². The van der Waals surface area contributed by atoms with Crippen LogP contribution in [0, 0.1) is 11.3 Å². The molecule has 68 valence electrons. The Bertz CT molecular complexity index is 162. The Hall–Kier alpha value is -0.590. The minimum absolute atomic E-state index is 0.390. The van der Waals surface area contributed by atoms with Crippen molar-refractivity contribution in [2.24, 2.45) is 5.73 Å². The summed E-state index contributed by atoms with van der Waals surface area (Å²) >= 11 is 0. The molecule has 0 spiro atoms. The molecule has 0 aliphatic carbocycles. The molecule has 0 aromatic carbocycles. The zero-order valence-electron chi connectivity index (χ0n) is 7.50. The summed E-state index contributed by atoms with van der Waals surface area (Å²) in [5, 5.41) is 8.32. The molecular weight excluding hydrogens is 150 g/mol. The summed E-state index contributed by atoms with van der Waals surface area (Å²) in [6.45, 7) is 3.32. The standard InChI is InChI=1S/C9H17N3/c10-5-2-1-3-6-12-7-4-9(11)8-12/h9H,1-4,6-8,11H2. The van der Waals surface area contributed by atoms with Crippen molar-refractivity contribution in [2.75, 3.05) is 19.6 Å². The van der Waals surface area contributed by atoms with E-state index in [2.05, 4.69) is 11.0 Å². The molecule has 0 aromatic rings. The maximum atomic E-state index is 8.32. The molecule has 2 N–H and O–H groups in total. The van der Waals surface area contributed by atoms with Gasteiger partial charge in [0.05, 0.1) is 6.07 Å². The summed E-state index contributed by atoms with van der Waals surface area (Å²) in [4.78, 5) is 2.39. The van der Waals surface area contributed by atoms with Crippen LogP contribution < -0.4 is 5.73 Å². The normalized spacial score (nSPS) is 24.2. The predicted octanol–water partition coefficient (Wildman–Crippen LogP) is 0.713. The molecule has 1 aliphatic heterocycles. The van der Waals surface area contributed by atoms with E-state index in [1.807, 2.05) is 0 Å². The molecular formula is C9H17N3. The second-order valence-electron chi connectivity index (χ2n) is 3.46. The van der Waals surface area contributed by atoms with Crippen LogP contribution in [0.1, 0.15) is 25.7 Å². The Morgan fingerprint density at radius 1 is 1.50 bits per heavy atom. The molecule has 3 heteroatoms. The van der Waals surface area contributed by atoms with Crippen LogP contribution in [0.25, 0.3) is 0 Å². The number of hydrogen-bond acceptors (Lipinski definition) is 3. The topological polar surface area (TPSA) is 53.0 Å². The van der Waals surface area contributed by atoms with E-state index in [4.69, 9.17) is 11.0 Å². The van der Waals surface area contributed by atoms with Crippen molar-refractivity contribution < 1.29 is 0 Å². The highest BCUT2D eigenvalue weighted by molar-refractivity contribution is 4.78. The van der Waals surface area contributed by atoms with Crippen molar-refractivity contribution in [3.05, 3.63) is 0 Å². The summed E-state index contributed by atoms with van der Waals surface area (Å²) in [5.74, 6) is 0. The number of nitrogens with zero attached hydrogens (tertiary/aromatic N) is 2. The van der Waals surface area contributed by atoms with Crippen LogP contribution in [-0.2, 0) is 0 Å². The van der Waals surface area contributed by atoms with Crippen LogP contribution in [0.5, 0.6) is 0 Å². The Morgan fingerprint density at radius 3 is 2.92 bits per heavy atom. The van der Waals surface area contributed by atoms with E-state index in [1.165, 1.54) is 0 Å². The van der Waals surface area contributed by atoms with Gasteiger partial charge in [0, 0.05) is 19.0 Å². The van der Waals surface area contributed by atoms with Crippen molar-refractivity contribution in [1.82, 2.24) is 4.90 Å². The Labute approximate surface area is 74.1 Å². The van der Waals surface area contributed by atoms with Crippen LogP contribution in [0.4, 0.5) is 0 Å². The van der Waals surface area contributed by atoms with Crippen LogP contribution in [0.2, 0.25) is 0 Å². The van der Waals surface area contributed by atoms with Gasteiger partial charge in [-0.05, 0) is 32.4 Å². The van der Waals surface area contributed by atoms with Gasteiger partial charge in [-0.1, -0.05) is 0 Å². The van der Waals surface area contributed by atoms with Crippen molar-refractivity contribution in [2.45, 2.75) is 31.7 Å². The molecule has 1 fully saturated rings. The second kappa shape index (κ2) is 5.13. The monoisotopic (exact) mass is 167 g/mol. The molecule has 1 atom stereocenters. The highest BCUT2D eigenvalue weighted by Crippen LogP contribution is 2.08. The molecule has 0 radical (unpaired) electrons. The Balaban J connectivity index is 1.97. The van der Waals surface area contributed by atoms with E-state index in [9.17, 15) is 0 Å². The third-order valence-corrected chi connectivity index (χ3v) is 2.32. The summed E-state index contributed by atoms with van der Waals surface area (Å²) in [6, 6.07) is 2.55. The van der Waals surface area contributed by atoms with Crippen molar-refractivity contribution in [3.63, 3.8) is 0 Å². The lowest BCUT2D eigenvalue weighted by molar-refractivity contribution is 0.326. The first kappa shape index (κ1) is 9.50. The molecule has 3 nitrogen and oxygen atoms in total. The Morgan fingerprint density at radius 2 is 2.33 bits per heavy atom. The van der Waals surface area contributed by atoms with Gasteiger partial charge in [-0.15, -0.1) is 0 Å². The zero-order valence-corrected chi connectivity index (χ0v) is 7.50. The second-order valence-corrected chi connectivity index (χ2v) is 3.46. The van der Waals surface area contributed by atoms with Gasteiger partial charge in [0.1, 0.15) is 0 Å². The minimum atomic E-state index is 0.390. The number of nitriles is 1. The lowest BCUT2D eigenvalue weighted by Gasteiger charge is -2.13. The summed E-state index contributed by atoms with van der Waals surface area (Å²) < 4.78 is 0. The average molecular weight is 167 g/mol. The molecule has 1 aliphatic rings. The van der Waals surface area contributed by atoms with E-state index in [1.54, 1.807) is 0 Å². The number of rotatable bonds is 4. The van der Waals surface area contributed by atoms with Crippen molar-refractivity contribution >= 4 is 0 Å². The van der Waals surface area contributed by atoms with E-state index >= 15 is 0 Å². The highest BCUT2D eigenvalue weighted by atomic mass is 15.2. The number of hydrogen-bond donors (Lipinski definition) is 1. The number of nitrogens with two attached hydrogens (primary N) is 1. The molecule has 1 rings (SSSR count).